The maximum atomic E-state index is 10.6. The summed E-state index contributed by atoms with van der Waals surface area (Å²) in [5.74, 6) is 0.298. The Hall–Kier alpha value is -1.43. The van der Waals surface area contributed by atoms with Crippen LogP contribution in [0.25, 0.3) is 0 Å². The lowest BCUT2D eigenvalue weighted by Gasteiger charge is -2.35. The molecule has 6 nitrogen and oxygen atoms in total. The minimum absolute atomic E-state index is 0.234. The summed E-state index contributed by atoms with van der Waals surface area (Å²) in [5, 5.41) is 12.5. The highest BCUT2D eigenvalue weighted by Gasteiger charge is 2.32. The molecule has 0 unspecified atom stereocenters. The molecule has 15 heavy (non-hydrogen) atoms. The molecule has 1 aliphatic heterocycles. The normalized spacial score (nSPS) is 17.7. The summed E-state index contributed by atoms with van der Waals surface area (Å²) < 4.78 is 4.95. The predicted molar refractivity (Wildman–Crippen MR) is 50.1 cm³/mol. The van der Waals surface area contributed by atoms with Gasteiger partial charge in [0, 0.05) is 19.5 Å². The molecule has 82 valence electrons. The first-order valence-electron chi connectivity index (χ1n) is 4.95. The summed E-state index contributed by atoms with van der Waals surface area (Å²) in [6, 6.07) is 0. The number of likely N-dealkylation sites (tertiary alicyclic amines) is 1. The summed E-state index contributed by atoms with van der Waals surface area (Å²) in [6.07, 6.45) is 0.727. The molecular weight excluding hydrogens is 198 g/mol. The molecule has 0 saturated carbocycles. The van der Waals surface area contributed by atoms with Crippen molar-refractivity contribution >= 4 is 5.97 Å². The van der Waals surface area contributed by atoms with Gasteiger partial charge in [-0.3, -0.25) is 9.69 Å². The quantitative estimate of drug-likeness (QED) is 0.763. The van der Waals surface area contributed by atoms with Crippen molar-refractivity contribution in [2.24, 2.45) is 5.92 Å². The summed E-state index contributed by atoms with van der Waals surface area (Å²) >= 11 is 0. The van der Waals surface area contributed by atoms with Gasteiger partial charge in [-0.05, 0) is 0 Å². The summed E-state index contributed by atoms with van der Waals surface area (Å²) in [5.41, 5.74) is 0. The average molecular weight is 211 g/mol. The van der Waals surface area contributed by atoms with Crippen LogP contribution in [-0.4, -0.2) is 39.2 Å². The van der Waals surface area contributed by atoms with E-state index in [9.17, 15) is 4.79 Å². The Morgan fingerprint density at radius 2 is 2.40 bits per heavy atom. The fraction of sp³-hybridized carbons (Fsp3) is 0.667. The number of carbonyl (C=O) groups is 1. The number of aliphatic carboxylic acids is 1. The third-order valence-corrected chi connectivity index (χ3v) is 2.48. The van der Waals surface area contributed by atoms with Gasteiger partial charge >= 0.3 is 5.97 Å². The van der Waals surface area contributed by atoms with Crippen molar-refractivity contribution in [3.05, 3.63) is 11.7 Å². The molecule has 1 saturated heterocycles. The third-order valence-electron chi connectivity index (χ3n) is 2.48. The number of hydrogen-bond acceptors (Lipinski definition) is 5. The van der Waals surface area contributed by atoms with E-state index in [-0.39, 0.29) is 5.92 Å². The molecule has 2 rings (SSSR count). The first-order valence-corrected chi connectivity index (χ1v) is 4.95. The third kappa shape index (κ3) is 2.15. The van der Waals surface area contributed by atoms with Gasteiger partial charge in [0.2, 0.25) is 5.89 Å². The molecule has 0 aliphatic carbocycles. The number of aryl methyl sites for hydroxylation is 1. The van der Waals surface area contributed by atoms with E-state index in [4.69, 9.17) is 9.63 Å². The monoisotopic (exact) mass is 211 g/mol. The van der Waals surface area contributed by atoms with Gasteiger partial charge in [0.25, 0.3) is 0 Å². The first kappa shape index (κ1) is 10.1. The summed E-state index contributed by atoms with van der Waals surface area (Å²) in [6.45, 7) is 3.67. The Bertz CT molecular complexity index is 357. The minimum Gasteiger partial charge on any atom is -0.481 e. The van der Waals surface area contributed by atoms with E-state index >= 15 is 0 Å². The van der Waals surface area contributed by atoms with Crippen LogP contribution in [0.1, 0.15) is 18.6 Å². The minimum atomic E-state index is -0.728. The van der Waals surface area contributed by atoms with Crippen molar-refractivity contribution in [2.75, 3.05) is 13.1 Å². The molecule has 0 spiro atoms. The van der Waals surface area contributed by atoms with Crippen molar-refractivity contribution in [3.63, 3.8) is 0 Å². The molecule has 1 aromatic heterocycles. The zero-order valence-electron chi connectivity index (χ0n) is 8.51. The molecule has 2 heterocycles. The Morgan fingerprint density at radius 3 is 2.93 bits per heavy atom. The van der Waals surface area contributed by atoms with Crippen LogP contribution < -0.4 is 0 Å². The molecule has 6 heteroatoms. The molecule has 0 bridgehead atoms. The zero-order valence-corrected chi connectivity index (χ0v) is 8.51. The number of carboxylic acids is 1. The van der Waals surface area contributed by atoms with Gasteiger partial charge in [-0.25, -0.2) is 0 Å². The number of carboxylic acid groups (broad SMARTS) is 1. The number of hydrogen-bond donors (Lipinski definition) is 1. The predicted octanol–water partition coefficient (Wildman–Crippen LogP) is 0.148. The lowest BCUT2D eigenvalue weighted by atomic mass is 10.0. The molecule has 0 amide bonds. The maximum Gasteiger partial charge on any atom is 0.309 e. The van der Waals surface area contributed by atoms with E-state index in [2.05, 4.69) is 10.1 Å². The highest BCUT2D eigenvalue weighted by Crippen LogP contribution is 2.17. The number of rotatable bonds is 4. The van der Waals surface area contributed by atoms with Crippen molar-refractivity contribution in [1.29, 1.82) is 0 Å². The fourth-order valence-electron chi connectivity index (χ4n) is 1.55. The van der Waals surface area contributed by atoms with Crippen LogP contribution in [0.2, 0.25) is 0 Å². The van der Waals surface area contributed by atoms with E-state index in [1.807, 2.05) is 11.8 Å². The van der Waals surface area contributed by atoms with E-state index in [0.717, 1.165) is 6.42 Å². The Kier molecular flexibility index (Phi) is 2.68. The standard InChI is InChI=1S/C9H13N3O3/c1-2-8-10-7(11-15-8)5-12-3-6(4-12)9(13)14/h6H,2-5H2,1H3,(H,13,14). The van der Waals surface area contributed by atoms with E-state index in [0.29, 0.717) is 31.3 Å². The van der Waals surface area contributed by atoms with Crippen LogP contribution in [0.4, 0.5) is 0 Å². The van der Waals surface area contributed by atoms with Gasteiger partial charge in [0.1, 0.15) is 0 Å². The van der Waals surface area contributed by atoms with E-state index in [1.165, 1.54) is 0 Å². The summed E-state index contributed by atoms with van der Waals surface area (Å²) in [4.78, 5) is 16.7. The van der Waals surface area contributed by atoms with Crippen LogP contribution in [0, 0.1) is 5.92 Å². The van der Waals surface area contributed by atoms with Gasteiger partial charge in [-0.2, -0.15) is 4.98 Å². The lowest BCUT2D eigenvalue weighted by molar-refractivity contribution is -0.147. The smallest absolute Gasteiger partial charge is 0.309 e. The molecule has 1 fully saturated rings. The molecule has 0 radical (unpaired) electrons. The van der Waals surface area contributed by atoms with Gasteiger partial charge in [-0.1, -0.05) is 12.1 Å². The van der Waals surface area contributed by atoms with Crippen LogP contribution in [-0.2, 0) is 17.8 Å². The van der Waals surface area contributed by atoms with Gasteiger partial charge in [0.15, 0.2) is 5.82 Å². The van der Waals surface area contributed by atoms with Gasteiger partial charge in [-0.15, -0.1) is 0 Å². The molecular formula is C9H13N3O3. The van der Waals surface area contributed by atoms with E-state index in [1.54, 1.807) is 0 Å². The molecule has 1 N–H and O–H groups in total. The fourth-order valence-corrected chi connectivity index (χ4v) is 1.55. The largest absolute Gasteiger partial charge is 0.481 e. The summed E-state index contributed by atoms with van der Waals surface area (Å²) in [7, 11) is 0. The second-order valence-corrected chi connectivity index (χ2v) is 3.69. The topological polar surface area (TPSA) is 79.5 Å². The second-order valence-electron chi connectivity index (χ2n) is 3.69. The zero-order chi connectivity index (χ0) is 10.8. The Labute approximate surface area is 86.9 Å². The first-order chi connectivity index (χ1) is 7.19. The van der Waals surface area contributed by atoms with E-state index < -0.39 is 5.97 Å². The SMILES string of the molecule is CCc1nc(CN2CC(C(=O)O)C2)no1. The number of aromatic nitrogens is 2. The van der Waals surface area contributed by atoms with Crippen LogP contribution >= 0.6 is 0 Å². The van der Waals surface area contributed by atoms with Crippen LogP contribution in [0.15, 0.2) is 4.52 Å². The van der Waals surface area contributed by atoms with Crippen LogP contribution in [0.3, 0.4) is 0 Å². The lowest BCUT2D eigenvalue weighted by Crippen LogP contribution is -2.49. The second kappa shape index (κ2) is 3.98. The maximum absolute atomic E-state index is 10.6. The van der Waals surface area contributed by atoms with Crippen molar-refractivity contribution in [1.82, 2.24) is 15.0 Å². The van der Waals surface area contributed by atoms with Crippen molar-refractivity contribution in [3.8, 4) is 0 Å². The van der Waals surface area contributed by atoms with Crippen LogP contribution in [0.5, 0.6) is 0 Å². The highest BCUT2D eigenvalue weighted by molar-refractivity contribution is 5.71. The molecule has 0 aromatic carbocycles. The molecule has 1 aromatic rings. The Morgan fingerprint density at radius 1 is 1.67 bits per heavy atom. The van der Waals surface area contributed by atoms with Gasteiger partial charge in [0.05, 0.1) is 12.5 Å². The Balaban J connectivity index is 1.82. The molecule has 0 atom stereocenters. The van der Waals surface area contributed by atoms with Gasteiger partial charge < -0.3 is 9.63 Å². The molecule has 1 aliphatic rings. The van der Waals surface area contributed by atoms with Crippen molar-refractivity contribution in [2.45, 2.75) is 19.9 Å². The average Bonchev–Trinajstić information content (AvgIpc) is 2.57. The highest BCUT2D eigenvalue weighted by atomic mass is 16.5. The van der Waals surface area contributed by atoms with Crippen molar-refractivity contribution < 1.29 is 14.4 Å². The number of nitrogens with zero attached hydrogens (tertiary/aromatic N) is 3.